The Hall–Kier alpha value is -2.95. The number of rotatable bonds is 1. The number of hydrogen-bond donors (Lipinski definition) is 2. The predicted octanol–water partition coefficient (Wildman–Crippen LogP) is 3.63. The Morgan fingerprint density at radius 2 is 1.71 bits per heavy atom. The number of aromatic nitrogens is 4. The summed E-state index contributed by atoms with van der Waals surface area (Å²) in [4.78, 5) is 16.4. The number of nitrogens with zero attached hydrogens (tertiary/aromatic N) is 3. The number of aromatic amines is 1. The van der Waals surface area contributed by atoms with Crippen LogP contribution in [0.1, 0.15) is 24.0 Å². The molecule has 24 heavy (non-hydrogen) atoms. The first kappa shape index (κ1) is 13.5. The number of nitrogens with one attached hydrogen (secondary N) is 1. The van der Waals surface area contributed by atoms with Crippen molar-refractivity contribution >= 4 is 27.8 Å². The minimum absolute atomic E-state index is 0.304. The third kappa shape index (κ3) is 1.91. The van der Waals surface area contributed by atoms with Crippen molar-refractivity contribution in [2.75, 3.05) is 5.73 Å². The Morgan fingerprint density at radius 3 is 2.54 bits per heavy atom. The van der Waals surface area contributed by atoms with Gasteiger partial charge >= 0.3 is 0 Å². The maximum absolute atomic E-state index is 5.64. The second-order valence-corrected chi connectivity index (χ2v) is 6.36. The molecule has 3 aromatic heterocycles. The lowest BCUT2D eigenvalue weighted by molar-refractivity contribution is 0.689. The highest BCUT2D eigenvalue weighted by Gasteiger charge is 2.20. The van der Waals surface area contributed by atoms with Gasteiger partial charge in [0.25, 0.3) is 0 Å². The van der Waals surface area contributed by atoms with Crippen LogP contribution in [-0.2, 0) is 12.8 Å². The molecule has 0 aliphatic heterocycles. The molecule has 4 aromatic rings. The molecule has 0 amide bonds. The second-order valence-electron chi connectivity index (χ2n) is 6.36. The standard InChI is InChI=1S/C19H17N5/c20-19-22-9-11(10-23-19)18-13-4-2-1-3-12(13)17-14-7-8-21-15(14)5-6-16(17)24-18/h5-10,24H,1-4H2,(H2,20,22,23). The summed E-state index contributed by atoms with van der Waals surface area (Å²) in [7, 11) is 0. The molecule has 1 aromatic carbocycles. The van der Waals surface area contributed by atoms with Gasteiger partial charge in [0.1, 0.15) is 0 Å². The van der Waals surface area contributed by atoms with Crippen LogP contribution in [-0.4, -0.2) is 19.9 Å². The van der Waals surface area contributed by atoms with E-state index in [9.17, 15) is 0 Å². The number of benzene rings is 1. The van der Waals surface area contributed by atoms with E-state index >= 15 is 0 Å². The minimum atomic E-state index is 0.304. The fourth-order valence-electron chi connectivity index (χ4n) is 3.89. The van der Waals surface area contributed by atoms with Gasteiger partial charge < -0.3 is 10.7 Å². The van der Waals surface area contributed by atoms with E-state index in [-0.39, 0.29) is 0 Å². The SMILES string of the molecule is Nc1ncc(-c2[nH]c3ccc4nccc4c3c3c2CCCC3)cn1. The first-order valence-electron chi connectivity index (χ1n) is 8.30. The van der Waals surface area contributed by atoms with Gasteiger partial charge in [-0.1, -0.05) is 0 Å². The van der Waals surface area contributed by atoms with Crippen LogP contribution in [0.25, 0.3) is 33.1 Å². The Kier molecular flexibility index (Phi) is 2.82. The Balaban J connectivity index is 1.88. The van der Waals surface area contributed by atoms with Gasteiger partial charge in [0, 0.05) is 40.4 Å². The molecular weight excluding hydrogens is 298 g/mol. The zero-order valence-electron chi connectivity index (χ0n) is 13.2. The van der Waals surface area contributed by atoms with Crippen LogP contribution in [0.5, 0.6) is 0 Å². The van der Waals surface area contributed by atoms with Crippen molar-refractivity contribution in [1.82, 2.24) is 19.9 Å². The molecule has 5 nitrogen and oxygen atoms in total. The Bertz CT molecular complexity index is 1060. The van der Waals surface area contributed by atoms with E-state index in [1.807, 2.05) is 6.20 Å². The van der Waals surface area contributed by atoms with Crippen molar-refractivity contribution in [3.63, 3.8) is 0 Å². The monoisotopic (exact) mass is 315 g/mol. The van der Waals surface area contributed by atoms with Gasteiger partial charge in [-0.05, 0) is 55.0 Å². The number of aryl methyl sites for hydroxylation is 1. The van der Waals surface area contributed by atoms with Crippen LogP contribution in [0.15, 0.2) is 36.8 Å². The molecule has 3 N–H and O–H groups in total. The van der Waals surface area contributed by atoms with Gasteiger partial charge in [-0.25, -0.2) is 9.97 Å². The number of anilines is 1. The van der Waals surface area contributed by atoms with Crippen molar-refractivity contribution in [2.45, 2.75) is 25.7 Å². The summed E-state index contributed by atoms with van der Waals surface area (Å²) in [5.74, 6) is 0.304. The van der Waals surface area contributed by atoms with Crippen LogP contribution in [0.3, 0.4) is 0 Å². The third-order valence-electron chi connectivity index (χ3n) is 4.97. The summed E-state index contributed by atoms with van der Waals surface area (Å²) in [6.07, 6.45) is 10.1. The average molecular weight is 315 g/mol. The average Bonchev–Trinajstić information content (AvgIpc) is 3.10. The highest BCUT2D eigenvalue weighted by atomic mass is 15.0. The molecule has 1 aliphatic rings. The first-order chi connectivity index (χ1) is 11.8. The van der Waals surface area contributed by atoms with Crippen molar-refractivity contribution < 1.29 is 0 Å². The predicted molar refractivity (Wildman–Crippen MR) is 95.7 cm³/mol. The molecular formula is C19H17N5. The molecule has 0 fully saturated rings. The summed E-state index contributed by atoms with van der Waals surface area (Å²) >= 11 is 0. The summed E-state index contributed by atoms with van der Waals surface area (Å²) in [5, 5.41) is 2.56. The van der Waals surface area contributed by atoms with E-state index in [2.05, 4.69) is 38.1 Å². The molecule has 5 rings (SSSR count). The number of hydrogen-bond acceptors (Lipinski definition) is 4. The maximum Gasteiger partial charge on any atom is 0.219 e. The number of pyridine rings is 1. The topological polar surface area (TPSA) is 80.5 Å². The smallest absolute Gasteiger partial charge is 0.219 e. The molecule has 0 atom stereocenters. The third-order valence-corrected chi connectivity index (χ3v) is 4.97. The minimum Gasteiger partial charge on any atom is -0.368 e. The lowest BCUT2D eigenvalue weighted by Gasteiger charge is -2.22. The Morgan fingerprint density at radius 1 is 0.917 bits per heavy atom. The highest BCUT2D eigenvalue weighted by Crippen LogP contribution is 2.37. The van der Waals surface area contributed by atoms with Crippen LogP contribution in [0.4, 0.5) is 5.95 Å². The molecule has 3 heterocycles. The fourth-order valence-corrected chi connectivity index (χ4v) is 3.89. The molecule has 1 aliphatic carbocycles. The maximum atomic E-state index is 5.64. The van der Waals surface area contributed by atoms with Crippen molar-refractivity contribution in [3.8, 4) is 11.3 Å². The largest absolute Gasteiger partial charge is 0.368 e. The molecule has 118 valence electrons. The quantitative estimate of drug-likeness (QED) is 0.562. The zero-order chi connectivity index (χ0) is 16.1. The molecule has 0 saturated carbocycles. The van der Waals surface area contributed by atoms with Gasteiger partial charge in [0.05, 0.1) is 11.2 Å². The number of nitrogen functional groups attached to an aromatic ring is 1. The first-order valence-corrected chi connectivity index (χ1v) is 8.30. The molecule has 0 saturated heterocycles. The summed E-state index contributed by atoms with van der Waals surface area (Å²) in [5.41, 5.74) is 12.8. The lowest BCUT2D eigenvalue weighted by atomic mass is 9.86. The number of fused-ring (bicyclic) bond motifs is 5. The van der Waals surface area contributed by atoms with Gasteiger partial charge in [0.2, 0.25) is 5.95 Å². The van der Waals surface area contributed by atoms with Gasteiger partial charge in [-0.3, -0.25) is 4.98 Å². The molecule has 5 heteroatoms. The van der Waals surface area contributed by atoms with Crippen LogP contribution >= 0.6 is 0 Å². The van der Waals surface area contributed by atoms with Crippen molar-refractivity contribution in [1.29, 1.82) is 0 Å². The number of H-pyrrole nitrogens is 1. The van der Waals surface area contributed by atoms with Gasteiger partial charge in [-0.2, -0.15) is 0 Å². The van der Waals surface area contributed by atoms with Crippen LogP contribution in [0, 0.1) is 0 Å². The Labute approximate surface area is 139 Å². The van der Waals surface area contributed by atoms with Crippen molar-refractivity contribution in [2.24, 2.45) is 0 Å². The molecule has 0 radical (unpaired) electrons. The van der Waals surface area contributed by atoms with Crippen molar-refractivity contribution in [3.05, 3.63) is 47.9 Å². The highest BCUT2D eigenvalue weighted by molar-refractivity contribution is 6.08. The second kappa shape index (κ2) is 5.03. The summed E-state index contributed by atoms with van der Waals surface area (Å²) in [6, 6.07) is 6.32. The molecule has 0 bridgehead atoms. The zero-order valence-corrected chi connectivity index (χ0v) is 13.2. The lowest BCUT2D eigenvalue weighted by Crippen LogP contribution is -2.08. The summed E-state index contributed by atoms with van der Waals surface area (Å²) < 4.78 is 0. The van der Waals surface area contributed by atoms with E-state index in [0.29, 0.717) is 5.95 Å². The summed E-state index contributed by atoms with van der Waals surface area (Å²) in [6.45, 7) is 0. The van der Waals surface area contributed by atoms with E-state index in [1.165, 1.54) is 34.7 Å². The van der Waals surface area contributed by atoms with E-state index in [4.69, 9.17) is 5.73 Å². The molecule has 0 spiro atoms. The van der Waals surface area contributed by atoms with E-state index < -0.39 is 0 Å². The normalized spacial score (nSPS) is 14.2. The van der Waals surface area contributed by atoms with E-state index in [1.54, 1.807) is 12.4 Å². The van der Waals surface area contributed by atoms with Gasteiger partial charge in [0.15, 0.2) is 0 Å². The van der Waals surface area contributed by atoms with Crippen LogP contribution < -0.4 is 5.73 Å². The van der Waals surface area contributed by atoms with E-state index in [0.717, 1.165) is 35.1 Å². The molecule has 0 unspecified atom stereocenters. The van der Waals surface area contributed by atoms with Gasteiger partial charge in [-0.15, -0.1) is 0 Å². The fraction of sp³-hybridized carbons (Fsp3) is 0.211. The number of nitrogens with two attached hydrogens (primary N) is 1. The van der Waals surface area contributed by atoms with Crippen LogP contribution in [0.2, 0.25) is 0 Å².